The number of carboxylic acids is 1. The summed E-state index contributed by atoms with van der Waals surface area (Å²) >= 11 is 1.60. The number of rotatable bonds is 17. The average Bonchev–Trinajstić information content (AvgIpc) is 3.15. The van der Waals surface area contributed by atoms with E-state index in [0.29, 0.717) is 42.9 Å². The number of carboxylic acid groups (broad SMARTS) is 1. The molecule has 1 saturated heterocycles. The molecule has 0 aromatic heterocycles. The van der Waals surface area contributed by atoms with E-state index in [1.165, 1.54) is 0 Å². The number of nitrogens with two attached hydrogens (primary N) is 1. The third-order valence-electron chi connectivity index (χ3n) is 8.69. The SMILES string of the molecule is Nc1ccccc1NC(=O)CCCCCCC(=O)NCc1ccc([C@@H]2O[C@H](CSc3ccc(C(=O)O)cc3)C[C@H](c3ccc(CO)cc3)O2)cc1. The van der Waals surface area contributed by atoms with Crippen molar-refractivity contribution in [1.29, 1.82) is 0 Å². The predicted octanol–water partition coefficient (Wildman–Crippen LogP) is 7.39. The molecular formula is C40H45N3O7S. The van der Waals surface area contributed by atoms with Crippen molar-refractivity contribution >= 4 is 40.9 Å². The summed E-state index contributed by atoms with van der Waals surface area (Å²) in [4.78, 5) is 36.9. The van der Waals surface area contributed by atoms with Crippen LogP contribution in [0.15, 0.2) is 102 Å². The van der Waals surface area contributed by atoms with E-state index in [-0.39, 0.29) is 36.2 Å². The van der Waals surface area contributed by atoms with E-state index in [2.05, 4.69) is 10.6 Å². The Morgan fingerprint density at radius 1 is 0.765 bits per heavy atom. The van der Waals surface area contributed by atoms with Crippen molar-refractivity contribution < 1.29 is 34.1 Å². The number of para-hydroxylation sites is 2. The molecule has 51 heavy (non-hydrogen) atoms. The summed E-state index contributed by atoms with van der Waals surface area (Å²) in [5.74, 6) is -0.375. The Bertz CT molecular complexity index is 1730. The molecule has 3 atom stereocenters. The maximum Gasteiger partial charge on any atom is 0.335 e. The number of hydrogen-bond acceptors (Lipinski definition) is 8. The zero-order valence-corrected chi connectivity index (χ0v) is 29.3. The fourth-order valence-corrected chi connectivity index (χ4v) is 6.66. The molecule has 268 valence electrons. The van der Waals surface area contributed by atoms with Crippen LogP contribution in [0.25, 0.3) is 0 Å². The van der Waals surface area contributed by atoms with Gasteiger partial charge in [-0.1, -0.05) is 73.5 Å². The van der Waals surface area contributed by atoms with Gasteiger partial charge in [0.25, 0.3) is 0 Å². The number of unbranched alkanes of at least 4 members (excludes halogenated alkanes) is 3. The van der Waals surface area contributed by atoms with Crippen LogP contribution in [0.5, 0.6) is 0 Å². The first-order valence-electron chi connectivity index (χ1n) is 17.2. The smallest absolute Gasteiger partial charge is 0.335 e. The van der Waals surface area contributed by atoms with E-state index < -0.39 is 12.3 Å². The van der Waals surface area contributed by atoms with Crippen LogP contribution >= 0.6 is 11.8 Å². The summed E-state index contributed by atoms with van der Waals surface area (Å²) in [6.07, 6.45) is 3.76. The number of aliphatic hydroxyl groups is 1. The maximum atomic E-state index is 12.5. The summed E-state index contributed by atoms with van der Waals surface area (Å²) in [7, 11) is 0. The number of thioether (sulfide) groups is 1. The van der Waals surface area contributed by atoms with Crippen molar-refractivity contribution in [2.75, 3.05) is 16.8 Å². The molecule has 0 bridgehead atoms. The van der Waals surface area contributed by atoms with Crippen LogP contribution in [-0.4, -0.2) is 39.9 Å². The minimum Gasteiger partial charge on any atom is -0.478 e. The van der Waals surface area contributed by atoms with E-state index in [0.717, 1.165) is 52.8 Å². The molecule has 5 rings (SSSR count). The van der Waals surface area contributed by atoms with Crippen molar-refractivity contribution in [3.05, 3.63) is 125 Å². The second-order valence-electron chi connectivity index (χ2n) is 12.6. The Morgan fingerprint density at radius 2 is 1.41 bits per heavy atom. The normalized spacial score (nSPS) is 17.1. The zero-order chi connectivity index (χ0) is 36.0. The Kier molecular flexibility index (Phi) is 14.1. The van der Waals surface area contributed by atoms with Crippen molar-refractivity contribution in [2.24, 2.45) is 0 Å². The number of aromatic carboxylic acids is 1. The fraction of sp³-hybridized carbons (Fsp3) is 0.325. The number of aliphatic hydroxyl groups excluding tert-OH is 1. The van der Waals surface area contributed by atoms with Gasteiger partial charge in [0, 0.05) is 42.0 Å². The number of anilines is 2. The number of carbonyl (C=O) groups excluding carboxylic acids is 2. The van der Waals surface area contributed by atoms with Crippen molar-refractivity contribution in [3.8, 4) is 0 Å². The van der Waals surface area contributed by atoms with Gasteiger partial charge in [-0.3, -0.25) is 9.59 Å². The van der Waals surface area contributed by atoms with E-state index >= 15 is 0 Å². The number of nitrogens with one attached hydrogen (secondary N) is 2. The lowest BCUT2D eigenvalue weighted by Crippen LogP contribution is -2.31. The van der Waals surface area contributed by atoms with E-state index in [1.54, 1.807) is 48.2 Å². The summed E-state index contributed by atoms with van der Waals surface area (Å²) in [6.45, 7) is 0.381. The highest BCUT2D eigenvalue weighted by Crippen LogP contribution is 2.39. The Labute approximate surface area is 302 Å². The maximum absolute atomic E-state index is 12.5. The molecule has 1 fully saturated rings. The summed E-state index contributed by atoms with van der Waals surface area (Å²) in [6, 6.07) is 29.6. The van der Waals surface area contributed by atoms with Crippen LogP contribution in [0.4, 0.5) is 11.4 Å². The first kappa shape index (κ1) is 37.6. The van der Waals surface area contributed by atoms with Gasteiger partial charge >= 0.3 is 5.97 Å². The number of nitrogen functional groups attached to an aromatic ring is 1. The molecule has 10 nitrogen and oxygen atoms in total. The molecule has 0 aliphatic carbocycles. The monoisotopic (exact) mass is 711 g/mol. The summed E-state index contributed by atoms with van der Waals surface area (Å²) in [5, 5.41) is 24.5. The molecule has 1 aliphatic rings. The van der Waals surface area contributed by atoms with Gasteiger partial charge in [-0.25, -0.2) is 4.79 Å². The predicted molar refractivity (Wildman–Crippen MR) is 198 cm³/mol. The molecule has 2 amide bonds. The highest BCUT2D eigenvalue weighted by molar-refractivity contribution is 7.99. The number of benzene rings is 4. The Morgan fingerprint density at radius 3 is 2.08 bits per heavy atom. The Balaban J connectivity index is 1.07. The quantitative estimate of drug-likeness (QED) is 0.0427. The zero-order valence-electron chi connectivity index (χ0n) is 28.5. The van der Waals surface area contributed by atoms with Gasteiger partial charge in [0.15, 0.2) is 6.29 Å². The first-order valence-corrected chi connectivity index (χ1v) is 18.2. The number of hydrogen-bond donors (Lipinski definition) is 5. The molecule has 0 saturated carbocycles. The van der Waals surface area contributed by atoms with Gasteiger partial charge in [-0.15, -0.1) is 11.8 Å². The second-order valence-corrected chi connectivity index (χ2v) is 13.7. The number of amides is 2. The van der Waals surface area contributed by atoms with Gasteiger partial charge in [0.2, 0.25) is 11.8 Å². The molecule has 0 spiro atoms. The third-order valence-corrected chi connectivity index (χ3v) is 9.83. The fourth-order valence-electron chi connectivity index (χ4n) is 5.74. The van der Waals surface area contributed by atoms with Crippen LogP contribution in [0.1, 0.15) is 90.0 Å². The molecule has 11 heteroatoms. The van der Waals surface area contributed by atoms with Crippen molar-refractivity contribution in [3.63, 3.8) is 0 Å². The lowest BCUT2D eigenvalue weighted by atomic mass is 10.0. The van der Waals surface area contributed by atoms with Crippen LogP contribution in [0.3, 0.4) is 0 Å². The first-order chi connectivity index (χ1) is 24.8. The van der Waals surface area contributed by atoms with Crippen LogP contribution in [-0.2, 0) is 32.2 Å². The number of ether oxygens (including phenoxy) is 2. The molecule has 0 unspecified atom stereocenters. The second kappa shape index (κ2) is 19.1. The van der Waals surface area contributed by atoms with Gasteiger partial charge < -0.3 is 36.1 Å². The van der Waals surface area contributed by atoms with Gasteiger partial charge in [-0.2, -0.15) is 0 Å². The summed E-state index contributed by atoms with van der Waals surface area (Å²) < 4.78 is 12.9. The average molecular weight is 712 g/mol. The molecule has 4 aromatic rings. The topological polar surface area (TPSA) is 160 Å². The molecular weight excluding hydrogens is 667 g/mol. The Hall–Kier alpha value is -4.68. The minimum absolute atomic E-state index is 0.0108. The van der Waals surface area contributed by atoms with Gasteiger partial charge in [-0.05, 0) is 65.9 Å². The lowest BCUT2D eigenvalue weighted by Gasteiger charge is -2.36. The molecule has 0 radical (unpaired) electrons. The van der Waals surface area contributed by atoms with E-state index in [9.17, 15) is 24.6 Å². The van der Waals surface area contributed by atoms with Gasteiger partial charge in [0.05, 0.1) is 35.8 Å². The van der Waals surface area contributed by atoms with Crippen LogP contribution < -0.4 is 16.4 Å². The molecule has 1 aliphatic heterocycles. The van der Waals surface area contributed by atoms with Crippen LogP contribution in [0.2, 0.25) is 0 Å². The van der Waals surface area contributed by atoms with Crippen molar-refractivity contribution in [2.45, 2.75) is 81.5 Å². The molecule has 4 aromatic carbocycles. The summed E-state index contributed by atoms with van der Waals surface area (Å²) in [5.41, 5.74) is 10.9. The van der Waals surface area contributed by atoms with E-state index in [1.807, 2.05) is 60.7 Å². The third kappa shape index (κ3) is 11.7. The largest absolute Gasteiger partial charge is 0.478 e. The van der Waals surface area contributed by atoms with Gasteiger partial charge in [0.1, 0.15) is 0 Å². The highest BCUT2D eigenvalue weighted by Gasteiger charge is 2.32. The minimum atomic E-state index is -0.955. The highest BCUT2D eigenvalue weighted by atomic mass is 32.2. The van der Waals surface area contributed by atoms with E-state index in [4.69, 9.17) is 15.2 Å². The van der Waals surface area contributed by atoms with Crippen molar-refractivity contribution in [1.82, 2.24) is 5.32 Å². The van der Waals surface area contributed by atoms with Crippen LogP contribution in [0, 0.1) is 0 Å². The molecule has 6 N–H and O–H groups in total. The number of carbonyl (C=O) groups is 3. The standard InChI is InChI=1S/C40H45N3O7S/c41-34-7-5-6-8-35(34)43-38(46)10-4-2-1-3-9-37(45)42-24-27-11-17-31(18-12-27)40-49-32(26-51-33-21-19-30(20-22-33)39(47)48)23-36(50-40)29-15-13-28(25-44)14-16-29/h5-8,11-22,32,36,40,44H,1-4,9-10,23-26,41H2,(H,42,45)(H,43,46)(H,47,48)/t32-,36+,40+/m0/s1. The molecule has 1 heterocycles. The lowest BCUT2D eigenvalue weighted by molar-refractivity contribution is -0.245.